The third-order valence-electron chi connectivity index (χ3n) is 4.75. The first-order chi connectivity index (χ1) is 12.6. The summed E-state index contributed by atoms with van der Waals surface area (Å²) in [6.07, 6.45) is 6.47. The van der Waals surface area contributed by atoms with Crippen LogP contribution in [0.2, 0.25) is 5.02 Å². The number of hydrogen-bond donors (Lipinski definition) is 2. The number of benzene rings is 2. The van der Waals surface area contributed by atoms with Gasteiger partial charge in [-0.05, 0) is 55.2 Å². The quantitative estimate of drug-likeness (QED) is 0.581. The molecule has 4 nitrogen and oxygen atoms in total. The maximum atomic E-state index is 12.3. The van der Waals surface area contributed by atoms with Gasteiger partial charge in [0.05, 0.1) is 5.71 Å². The molecule has 2 N–H and O–H groups in total. The Morgan fingerprint density at radius 2 is 1.58 bits per heavy atom. The van der Waals surface area contributed by atoms with Crippen LogP contribution in [-0.4, -0.2) is 16.7 Å². The highest BCUT2D eigenvalue weighted by molar-refractivity contribution is 6.30. The summed E-state index contributed by atoms with van der Waals surface area (Å²) in [4.78, 5) is 12.3. The van der Waals surface area contributed by atoms with Crippen LogP contribution in [0.1, 0.15) is 49.7 Å². The van der Waals surface area contributed by atoms with Crippen molar-refractivity contribution in [1.82, 2.24) is 5.43 Å². The molecule has 1 aliphatic carbocycles. The van der Waals surface area contributed by atoms with Gasteiger partial charge in [-0.1, -0.05) is 43.0 Å². The number of phenolic OH excluding ortho intramolecular Hbond substituents is 1. The van der Waals surface area contributed by atoms with E-state index in [0.29, 0.717) is 23.1 Å². The number of nitrogens with zero attached hydrogens (tertiary/aromatic N) is 1. The van der Waals surface area contributed by atoms with E-state index in [2.05, 4.69) is 10.5 Å². The molecule has 2 aromatic carbocycles. The van der Waals surface area contributed by atoms with E-state index >= 15 is 0 Å². The van der Waals surface area contributed by atoms with E-state index in [1.165, 1.54) is 19.3 Å². The minimum absolute atomic E-state index is 0.0536. The second-order valence-electron chi connectivity index (χ2n) is 6.76. The molecule has 0 bridgehead atoms. The van der Waals surface area contributed by atoms with Crippen molar-refractivity contribution in [3.05, 3.63) is 64.7 Å². The fourth-order valence-corrected chi connectivity index (χ4v) is 3.47. The Balaban J connectivity index is 1.77. The van der Waals surface area contributed by atoms with Crippen molar-refractivity contribution in [3.8, 4) is 5.75 Å². The lowest BCUT2D eigenvalue weighted by molar-refractivity contribution is -0.122. The number of rotatable bonds is 5. The summed E-state index contributed by atoms with van der Waals surface area (Å²) in [6, 6.07) is 14.1. The highest BCUT2D eigenvalue weighted by Gasteiger charge is 2.17. The summed E-state index contributed by atoms with van der Waals surface area (Å²) < 4.78 is 0. The second kappa shape index (κ2) is 8.86. The molecule has 3 rings (SSSR count). The van der Waals surface area contributed by atoms with Gasteiger partial charge in [-0.25, -0.2) is 5.43 Å². The number of phenols is 1. The van der Waals surface area contributed by atoms with Gasteiger partial charge in [0, 0.05) is 22.6 Å². The molecule has 1 aliphatic rings. The SMILES string of the molecule is O=C(CC1CCCCC1)NN=C(c1ccc(O)cc1)c1ccc(Cl)cc1. The number of halogens is 1. The van der Waals surface area contributed by atoms with Crippen molar-refractivity contribution in [2.45, 2.75) is 38.5 Å². The Labute approximate surface area is 158 Å². The lowest BCUT2D eigenvalue weighted by Gasteiger charge is -2.20. The van der Waals surface area contributed by atoms with E-state index in [1.807, 2.05) is 12.1 Å². The summed E-state index contributed by atoms with van der Waals surface area (Å²) in [5.74, 6) is 0.597. The molecule has 0 unspecified atom stereocenters. The third kappa shape index (κ3) is 5.09. The average molecular weight is 371 g/mol. The topological polar surface area (TPSA) is 61.7 Å². The normalized spacial score (nSPS) is 15.7. The molecule has 1 amide bonds. The number of hydrazone groups is 1. The Bertz CT molecular complexity index is 716. The molecule has 0 aromatic heterocycles. The summed E-state index contributed by atoms with van der Waals surface area (Å²) in [5, 5.41) is 14.5. The molecule has 0 atom stereocenters. The van der Waals surface area contributed by atoms with Crippen LogP contribution in [0.15, 0.2) is 53.6 Å². The third-order valence-corrected chi connectivity index (χ3v) is 5.00. The van der Waals surface area contributed by atoms with Crippen LogP contribution in [0.25, 0.3) is 0 Å². The zero-order valence-electron chi connectivity index (χ0n) is 14.6. The van der Waals surface area contributed by atoms with Crippen molar-refractivity contribution in [3.63, 3.8) is 0 Å². The molecule has 2 aromatic rings. The molecule has 1 fully saturated rings. The van der Waals surface area contributed by atoms with Crippen molar-refractivity contribution in [2.75, 3.05) is 0 Å². The molecule has 5 heteroatoms. The highest BCUT2D eigenvalue weighted by atomic mass is 35.5. The van der Waals surface area contributed by atoms with Crippen LogP contribution >= 0.6 is 11.6 Å². The van der Waals surface area contributed by atoms with Crippen LogP contribution in [0.5, 0.6) is 5.75 Å². The monoisotopic (exact) mass is 370 g/mol. The number of amides is 1. The zero-order valence-corrected chi connectivity index (χ0v) is 15.4. The van der Waals surface area contributed by atoms with Crippen LogP contribution in [-0.2, 0) is 4.79 Å². The largest absolute Gasteiger partial charge is 0.508 e. The van der Waals surface area contributed by atoms with Gasteiger partial charge in [0.2, 0.25) is 5.91 Å². The smallest absolute Gasteiger partial charge is 0.240 e. The summed E-state index contributed by atoms with van der Waals surface area (Å²) in [7, 11) is 0. The number of carbonyl (C=O) groups excluding carboxylic acids is 1. The van der Waals surface area contributed by atoms with Crippen LogP contribution in [0.4, 0.5) is 0 Å². The molecule has 0 aliphatic heterocycles. The van der Waals surface area contributed by atoms with Crippen molar-refractivity contribution >= 4 is 23.2 Å². The Kier molecular flexibility index (Phi) is 6.29. The van der Waals surface area contributed by atoms with Gasteiger partial charge in [0.1, 0.15) is 5.75 Å². The van der Waals surface area contributed by atoms with Gasteiger partial charge in [-0.3, -0.25) is 4.79 Å². The minimum Gasteiger partial charge on any atom is -0.508 e. The highest BCUT2D eigenvalue weighted by Crippen LogP contribution is 2.26. The maximum Gasteiger partial charge on any atom is 0.240 e. The predicted octanol–water partition coefficient (Wildman–Crippen LogP) is 4.88. The molecule has 0 saturated heterocycles. The molecule has 0 heterocycles. The van der Waals surface area contributed by atoms with E-state index in [9.17, 15) is 9.90 Å². The summed E-state index contributed by atoms with van der Waals surface area (Å²) in [6.45, 7) is 0. The van der Waals surface area contributed by atoms with E-state index in [0.717, 1.165) is 24.0 Å². The maximum absolute atomic E-state index is 12.3. The van der Waals surface area contributed by atoms with Crippen LogP contribution < -0.4 is 5.43 Å². The van der Waals surface area contributed by atoms with Gasteiger partial charge < -0.3 is 5.11 Å². The van der Waals surface area contributed by atoms with Crippen molar-refractivity contribution in [1.29, 1.82) is 0 Å². The van der Waals surface area contributed by atoms with Gasteiger partial charge in [0.25, 0.3) is 0 Å². The van der Waals surface area contributed by atoms with Crippen LogP contribution in [0.3, 0.4) is 0 Å². The number of nitrogens with one attached hydrogen (secondary N) is 1. The molecular weight excluding hydrogens is 348 g/mol. The van der Waals surface area contributed by atoms with Crippen LogP contribution in [0, 0.1) is 5.92 Å². The summed E-state index contributed by atoms with van der Waals surface area (Å²) >= 11 is 5.98. The minimum atomic E-state index is -0.0536. The molecule has 136 valence electrons. The Morgan fingerprint density at radius 3 is 2.19 bits per heavy atom. The summed E-state index contributed by atoms with van der Waals surface area (Å²) in [5.41, 5.74) is 5.00. The standard InChI is InChI=1S/C21H23ClN2O2/c22-18-10-6-16(7-11-18)21(17-8-12-19(25)13-9-17)24-23-20(26)14-15-4-2-1-3-5-15/h6-13,15,25H,1-5,14H2,(H,23,26). The molecule has 0 spiro atoms. The van der Waals surface area contributed by atoms with E-state index in [-0.39, 0.29) is 11.7 Å². The van der Waals surface area contributed by atoms with Gasteiger partial charge in [-0.2, -0.15) is 5.10 Å². The molecule has 26 heavy (non-hydrogen) atoms. The Morgan fingerprint density at radius 1 is 1.00 bits per heavy atom. The zero-order chi connectivity index (χ0) is 18.4. The lowest BCUT2D eigenvalue weighted by atomic mass is 9.87. The van der Waals surface area contributed by atoms with Gasteiger partial charge in [-0.15, -0.1) is 0 Å². The van der Waals surface area contributed by atoms with Gasteiger partial charge >= 0.3 is 0 Å². The van der Waals surface area contributed by atoms with Crippen molar-refractivity contribution < 1.29 is 9.90 Å². The van der Waals surface area contributed by atoms with E-state index < -0.39 is 0 Å². The van der Waals surface area contributed by atoms with E-state index in [4.69, 9.17) is 11.6 Å². The second-order valence-corrected chi connectivity index (χ2v) is 7.19. The molecule has 0 radical (unpaired) electrons. The predicted molar refractivity (Wildman–Crippen MR) is 105 cm³/mol. The van der Waals surface area contributed by atoms with Crippen molar-refractivity contribution in [2.24, 2.45) is 11.0 Å². The number of hydrogen-bond acceptors (Lipinski definition) is 3. The fourth-order valence-electron chi connectivity index (χ4n) is 3.34. The fraction of sp³-hybridized carbons (Fsp3) is 0.333. The molecular formula is C21H23ClN2O2. The first kappa shape index (κ1) is 18.5. The average Bonchev–Trinajstić information content (AvgIpc) is 2.65. The number of carbonyl (C=O) groups is 1. The first-order valence-electron chi connectivity index (χ1n) is 9.03. The first-order valence-corrected chi connectivity index (χ1v) is 9.41. The Hall–Kier alpha value is -2.33. The van der Waals surface area contributed by atoms with Gasteiger partial charge in [0.15, 0.2) is 0 Å². The van der Waals surface area contributed by atoms with E-state index in [1.54, 1.807) is 36.4 Å². The number of aromatic hydroxyl groups is 1. The molecule has 1 saturated carbocycles. The lowest BCUT2D eigenvalue weighted by Crippen LogP contribution is -2.24.